The van der Waals surface area contributed by atoms with Crippen molar-refractivity contribution in [3.8, 4) is 5.75 Å². The second kappa shape index (κ2) is 13.5. The second-order valence-corrected chi connectivity index (χ2v) is 10.7. The SMILES string of the molecule is CC(C)CC(NC(CC(=O)O)C(=O)COc1c(F)c(F)cc(F)c1F)C(=O)C(=O)Nc1ccccc1C(C)(C)C. The molecule has 0 aliphatic heterocycles. The first-order valence-corrected chi connectivity index (χ1v) is 12.4. The van der Waals surface area contributed by atoms with Crippen molar-refractivity contribution in [2.24, 2.45) is 5.92 Å². The van der Waals surface area contributed by atoms with Crippen LogP contribution in [-0.4, -0.2) is 47.2 Å². The molecule has 0 aliphatic carbocycles. The van der Waals surface area contributed by atoms with Gasteiger partial charge < -0.3 is 15.2 Å². The Morgan fingerprint density at radius 2 is 1.52 bits per heavy atom. The average molecular weight is 569 g/mol. The van der Waals surface area contributed by atoms with Gasteiger partial charge in [-0.1, -0.05) is 52.8 Å². The topological polar surface area (TPSA) is 122 Å². The normalized spacial score (nSPS) is 13.1. The number of Topliss-reactive ketones (excluding diaryl/α,β-unsaturated/α-hetero) is 2. The number of hydrogen-bond donors (Lipinski definition) is 3. The number of ketones is 2. The fourth-order valence-corrected chi connectivity index (χ4v) is 3.92. The summed E-state index contributed by atoms with van der Waals surface area (Å²) in [6.07, 6.45) is -0.864. The summed E-state index contributed by atoms with van der Waals surface area (Å²) in [5, 5.41) is 14.4. The third kappa shape index (κ3) is 8.60. The third-order valence-electron chi connectivity index (χ3n) is 5.83. The molecule has 0 saturated carbocycles. The van der Waals surface area contributed by atoms with Crippen molar-refractivity contribution in [2.45, 2.75) is 65.0 Å². The lowest BCUT2D eigenvalue weighted by Gasteiger charge is -2.25. The van der Waals surface area contributed by atoms with Crippen LogP contribution in [0.5, 0.6) is 5.75 Å². The number of carbonyl (C=O) groups is 4. The minimum Gasteiger partial charge on any atom is -0.481 e. The van der Waals surface area contributed by atoms with Crippen LogP contribution in [0.2, 0.25) is 0 Å². The van der Waals surface area contributed by atoms with Gasteiger partial charge in [0.1, 0.15) is 6.61 Å². The molecular weight excluding hydrogens is 536 g/mol. The highest BCUT2D eigenvalue weighted by Crippen LogP contribution is 2.29. The number of halogens is 4. The van der Waals surface area contributed by atoms with Crippen LogP contribution in [0.3, 0.4) is 0 Å². The van der Waals surface area contributed by atoms with Crippen LogP contribution in [0, 0.1) is 29.2 Å². The summed E-state index contributed by atoms with van der Waals surface area (Å²) in [6, 6.07) is 3.86. The highest BCUT2D eigenvalue weighted by molar-refractivity contribution is 6.42. The molecule has 3 N–H and O–H groups in total. The fraction of sp³-hybridized carbons (Fsp3) is 0.429. The summed E-state index contributed by atoms with van der Waals surface area (Å²) in [7, 11) is 0. The van der Waals surface area contributed by atoms with Gasteiger partial charge in [-0.15, -0.1) is 0 Å². The van der Waals surface area contributed by atoms with Crippen LogP contribution in [0.4, 0.5) is 23.2 Å². The zero-order valence-corrected chi connectivity index (χ0v) is 22.7. The molecule has 0 spiro atoms. The van der Waals surface area contributed by atoms with Crippen molar-refractivity contribution in [1.29, 1.82) is 0 Å². The van der Waals surface area contributed by atoms with Gasteiger partial charge in [-0.05, 0) is 29.4 Å². The smallest absolute Gasteiger partial charge is 0.305 e. The number of benzene rings is 2. The largest absolute Gasteiger partial charge is 0.481 e. The molecule has 2 atom stereocenters. The maximum atomic E-state index is 13.9. The Hall–Kier alpha value is -3.80. The van der Waals surface area contributed by atoms with E-state index in [9.17, 15) is 41.8 Å². The zero-order valence-electron chi connectivity index (χ0n) is 22.7. The minimum absolute atomic E-state index is 0.0236. The molecule has 2 unspecified atom stereocenters. The van der Waals surface area contributed by atoms with Crippen LogP contribution in [-0.2, 0) is 24.6 Å². The van der Waals surface area contributed by atoms with Crippen LogP contribution in [0.1, 0.15) is 53.0 Å². The van der Waals surface area contributed by atoms with Crippen molar-refractivity contribution < 1.29 is 46.6 Å². The number of amides is 1. The Bertz CT molecular complexity index is 1250. The monoisotopic (exact) mass is 568 g/mol. The molecule has 0 radical (unpaired) electrons. The van der Waals surface area contributed by atoms with Crippen LogP contribution in [0.25, 0.3) is 0 Å². The number of carboxylic acids is 1. The number of hydrogen-bond acceptors (Lipinski definition) is 6. The number of anilines is 1. The van der Waals surface area contributed by atoms with E-state index >= 15 is 0 Å². The van der Waals surface area contributed by atoms with E-state index in [2.05, 4.69) is 15.4 Å². The molecule has 0 saturated heterocycles. The van der Waals surface area contributed by atoms with E-state index in [1.807, 2.05) is 20.8 Å². The lowest BCUT2D eigenvalue weighted by molar-refractivity contribution is -0.141. The van der Waals surface area contributed by atoms with Crippen molar-refractivity contribution >= 4 is 29.1 Å². The lowest BCUT2D eigenvalue weighted by atomic mass is 9.85. The maximum Gasteiger partial charge on any atom is 0.305 e. The van der Waals surface area contributed by atoms with Crippen molar-refractivity contribution in [2.75, 3.05) is 11.9 Å². The number of ether oxygens (including phenoxy) is 1. The van der Waals surface area contributed by atoms with Crippen LogP contribution >= 0.6 is 0 Å². The Morgan fingerprint density at radius 1 is 0.950 bits per heavy atom. The summed E-state index contributed by atoms with van der Waals surface area (Å²) in [4.78, 5) is 50.4. The molecule has 12 heteroatoms. The van der Waals surface area contributed by atoms with E-state index in [0.717, 1.165) is 5.56 Å². The standard InChI is InChI=1S/C28H32F4N2O6/c1-14(2)10-20(25(38)27(39)34-18-9-7-6-8-15(18)28(3,4)5)33-19(12-22(36)37)21(35)13-40-26-23(31)16(29)11-17(30)24(26)32/h6-9,11,14,19-20,33H,10,12-13H2,1-5H3,(H,34,39)(H,36,37). The summed E-state index contributed by atoms with van der Waals surface area (Å²) < 4.78 is 59.4. The first-order valence-electron chi connectivity index (χ1n) is 12.4. The van der Waals surface area contributed by atoms with Gasteiger partial charge in [0.05, 0.1) is 18.5 Å². The number of aliphatic carboxylic acids is 1. The van der Waals surface area contributed by atoms with Gasteiger partial charge in [-0.2, -0.15) is 8.78 Å². The average Bonchev–Trinajstić information content (AvgIpc) is 2.85. The fourth-order valence-electron chi connectivity index (χ4n) is 3.92. The summed E-state index contributed by atoms with van der Waals surface area (Å²) >= 11 is 0. The van der Waals surface area contributed by atoms with E-state index in [1.54, 1.807) is 38.1 Å². The Morgan fingerprint density at radius 3 is 2.05 bits per heavy atom. The van der Waals surface area contributed by atoms with Gasteiger partial charge in [0.2, 0.25) is 17.4 Å². The molecule has 0 bridgehead atoms. The molecular formula is C28H32F4N2O6. The molecule has 0 aliphatic rings. The van der Waals surface area contributed by atoms with Gasteiger partial charge in [-0.3, -0.25) is 24.5 Å². The van der Waals surface area contributed by atoms with Crippen LogP contribution in [0.15, 0.2) is 30.3 Å². The zero-order chi connectivity index (χ0) is 30.4. The van der Waals surface area contributed by atoms with E-state index in [4.69, 9.17) is 0 Å². The van der Waals surface area contributed by atoms with Gasteiger partial charge in [0.25, 0.3) is 5.91 Å². The molecule has 2 aromatic rings. The molecule has 0 aromatic heterocycles. The van der Waals surface area contributed by atoms with E-state index in [-0.39, 0.29) is 23.8 Å². The molecule has 8 nitrogen and oxygen atoms in total. The summed E-state index contributed by atoms with van der Waals surface area (Å²) in [5.41, 5.74) is 0.786. The first kappa shape index (κ1) is 32.4. The predicted octanol–water partition coefficient (Wildman–Crippen LogP) is 4.54. The quantitative estimate of drug-likeness (QED) is 0.184. The van der Waals surface area contributed by atoms with Crippen LogP contribution < -0.4 is 15.4 Å². The molecule has 1 amide bonds. The van der Waals surface area contributed by atoms with E-state index < -0.39 is 77.6 Å². The van der Waals surface area contributed by atoms with E-state index in [0.29, 0.717) is 5.69 Å². The summed E-state index contributed by atoms with van der Waals surface area (Å²) in [5.74, 6) is -13.5. The highest BCUT2D eigenvalue weighted by atomic mass is 19.2. The Labute approximate surface area is 229 Å². The Balaban J connectivity index is 2.27. The molecule has 2 rings (SSSR count). The number of para-hydroxylation sites is 1. The number of carbonyl (C=O) groups excluding carboxylic acids is 3. The first-order chi connectivity index (χ1) is 18.5. The number of nitrogens with one attached hydrogen (secondary N) is 2. The minimum atomic E-state index is -1.88. The van der Waals surface area contributed by atoms with Gasteiger partial charge in [0, 0.05) is 11.8 Å². The third-order valence-corrected chi connectivity index (χ3v) is 5.83. The molecule has 40 heavy (non-hydrogen) atoms. The predicted molar refractivity (Wildman–Crippen MR) is 138 cm³/mol. The molecule has 0 heterocycles. The molecule has 0 fully saturated rings. The van der Waals surface area contributed by atoms with Crippen molar-refractivity contribution in [1.82, 2.24) is 5.32 Å². The maximum absolute atomic E-state index is 13.9. The van der Waals surface area contributed by atoms with Gasteiger partial charge in [-0.25, -0.2) is 8.78 Å². The van der Waals surface area contributed by atoms with Gasteiger partial charge in [0.15, 0.2) is 23.2 Å². The number of carboxylic acid groups (broad SMARTS) is 1. The highest BCUT2D eigenvalue weighted by Gasteiger charge is 2.33. The molecule has 218 valence electrons. The number of rotatable bonds is 13. The van der Waals surface area contributed by atoms with Gasteiger partial charge >= 0.3 is 5.97 Å². The van der Waals surface area contributed by atoms with Crippen molar-refractivity contribution in [3.05, 3.63) is 59.2 Å². The second-order valence-electron chi connectivity index (χ2n) is 10.7. The lowest BCUT2D eigenvalue weighted by Crippen LogP contribution is -2.52. The molecule has 2 aromatic carbocycles. The Kier molecular flexibility index (Phi) is 10.9. The van der Waals surface area contributed by atoms with Crippen molar-refractivity contribution in [3.63, 3.8) is 0 Å². The summed E-state index contributed by atoms with van der Waals surface area (Å²) in [6.45, 7) is 8.04. The van der Waals surface area contributed by atoms with E-state index in [1.165, 1.54) is 0 Å².